The van der Waals surface area contributed by atoms with Crippen molar-refractivity contribution in [2.75, 3.05) is 6.54 Å². The van der Waals surface area contributed by atoms with Crippen LogP contribution in [-0.4, -0.2) is 29.3 Å². The van der Waals surface area contributed by atoms with Gasteiger partial charge in [-0.25, -0.2) is 0 Å². The van der Waals surface area contributed by atoms with Crippen LogP contribution in [0.1, 0.15) is 49.0 Å². The minimum atomic E-state index is 0.246. The molecule has 0 N–H and O–H groups in total. The number of Topliss-reactive ketones (excluding diaryl/α,β-unsaturated/α-hetero) is 1. The van der Waals surface area contributed by atoms with Gasteiger partial charge in [-0.1, -0.05) is 36.2 Å². The highest BCUT2D eigenvalue weighted by Crippen LogP contribution is 2.22. The summed E-state index contributed by atoms with van der Waals surface area (Å²) < 4.78 is 0. The number of ketones is 1. The van der Waals surface area contributed by atoms with E-state index in [1.807, 2.05) is 31.2 Å². The second kappa shape index (κ2) is 5.66. The molecule has 1 aromatic carbocycles. The molecule has 0 amide bonds. The first-order valence-electron chi connectivity index (χ1n) is 6.93. The normalized spacial score (nSPS) is 25.1. The number of nitrogens with zero attached hydrogens (tertiary/aromatic N) is 1. The lowest BCUT2D eigenvalue weighted by Gasteiger charge is -2.38. The van der Waals surface area contributed by atoms with Crippen molar-refractivity contribution in [1.82, 2.24) is 4.90 Å². The monoisotopic (exact) mass is 245 g/mol. The van der Waals surface area contributed by atoms with Crippen molar-refractivity contribution in [2.45, 2.75) is 52.1 Å². The molecule has 2 nitrogen and oxygen atoms in total. The van der Waals surface area contributed by atoms with Crippen LogP contribution in [0.3, 0.4) is 0 Å². The molecule has 0 saturated carbocycles. The molecule has 18 heavy (non-hydrogen) atoms. The molecule has 0 radical (unpaired) electrons. The molecule has 0 aromatic heterocycles. The number of carbonyl (C=O) groups is 1. The van der Waals surface area contributed by atoms with Crippen LogP contribution < -0.4 is 0 Å². The Morgan fingerprint density at radius 2 is 1.72 bits per heavy atom. The largest absolute Gasteiger partial charge is 0.293 e. The average Bonchev–Trinajstić information content (AvgIpc) is 2.34. The number of carbonyl (C=O) groups excluding carboxylic acids is 1. The summed E-state index contributed by atoms with van der Waals surface area (Å²) in [5.41, 5.74) is 2.04. The van der Waals surface area contributed by atoms with Crippen LogP contribution in [0.15, 0.2) is 24.3 Å². The summed E-state index contributed by atoms with van der Waals surface area (Å²) in [6.45, 7) is 7.07. The minimum absolute atomic E-state index is 0.246. The number of likely N-dealkylation sites (tertiary alicyclic amines) is 1. The Bertz CT molecular complexity index is 400. The van der Waals surface area contributed by atoms with Gasteiger partial charge in [0.05, 0.1) is 6.54 Å². The topological polar surface area (TPSA) is 20.3 Å². The van der Waals surface area contributed by atoms with Crippen LogP contribution in [0.4, 0.5) is 0 Å². The molecule has 1 aliphatic heterocycles. The molecule has 0 bridgehead atoms. The lowest BCUT2D eigenvalue weighted by molar-refractivity contribution is 0.0734. The van der Waals surface area contributed by atoms with E-state index < -0.39 is 0 Å². The Kier molecular flexibility index (Phi) is 4.18. The van der Waals surface area contributed by atoms with E-state index in [9.17, 15) is 4.79 Å². The van der Waals surface area contributed by atoms with E-state index in [1.165, 1.54) is 24.8 Å². The van der Waals surface area contributed by atoms with Crippen LogP contribution >= 0.6 is 0 Å². The molecule has 0 unspecified atom stereocenters. The summed E-state index contributed by atoms with van der Waals surface area (Å²) in [4.78, 5) is 14.6. The molecular formula is C16H23NO. The van der Waals surface area contributed by atoms with Crippen LogP contribution in [0.2, 0.25) is 0 Å². The first-order chi connectivity index (χ1) is 8.58. The van der Waals surface area contributed by atoms with Crippen molar-refractivity contribution in [3.05, 3.63) is 35.4 Å². The summed E-state index contributed by atoms with van der Waals surface area (Å²) >= 11 is 0. The first-order valence-corrected chi connectivity index (χ1v) is 6.93. The fraction of sp³-hybridized carbons (Fsp3) is 0.562. The molecular weight excluding hydrogens is 222 g/mol. The second-order valence-electron chi connectivity index (χ2n) is 5.59. The lowest BCUT2D eigenvalue weighted by atomic mass is 9.96. The van der Waals surface area contributed by atoms with Crippen molar-refractivity contribution in [3.8, 4) is 0 Å². The van der Waals surface area contributed by atoms with Gasteiger partial charge < -0.3 is 0 Å². The fourth-order valence-electron chi connectivity index (χ4n) is 2.78. The Morgan fingerprint density at radius 1 is 1.17 bits per heavy atom. The Balaban J connectivity index is 2.04. The van der Waals surface area contributed by atoms with E-state index in [-0.39, 0.29) is 5.78 Å². The van der Waals surface area contributed by atoms with Crippen molar-refractivity contribution in [2.24, 2.45) is 0 Å². The highest BCUT2D eigenvalue weighted by atomic mass is 16.1. The van der Waals surface area contributed by atoms with Crippen LogP contribution in [0.5, 0.6) is 0 Å². The van der Waals surface area contributed by atoms with Gasteiger partial charge in [0.25, 0.3) is 0 Å². The van der Waals surface area contributed by atoms with Gasteiger partial charge in [-0.3, -0.25) is 9.69 Å². The van der Waals surface area contributed by atoms with Crippen molar-refractivity contribution >= 4 is 5.78 Å². The van der Waals surface area contributed by atoms with E-state index in [1.54, 1.807) is 0 Å². The van der Waals surface area contributed by atoms with E-state index in [0.717, 1.165) is 5.56 Å². The maximum Gasteiger partial charge on any atom is 0.176 e. The van der Waals surface area contributed by atoms with Gasteiger partial charge in [-0.2, -0.15) is 0 Å². The van der Waals surface area contributed by atoms with Gasteiger partial charge in [0.1, 0.15) is 0 Å². The molecule has 2 heteroatoms. The van der Waals surface area contributed by atoms with Gasteiger partial charge in [0.15, 0.2) is 5.78 Å². The highest BCUT2D eigenvalue weighted by Gasteiger charge is 2.26. The fourth-order valence-corrected chi connectivity index (χ4v) is 2.78. The molecule has 1 aliphatic rings. The summed E-state index contributed by atoms with van der Waals surface area (Å²) in [6.07, 6.45) is 3.72. The average molecular weight is 245 g/mol. The van der Waals surface area contributed by atoms with Gasteiger partial charge in [0.2, 0.25) is 0 Å². The van der Waals surface area contributed by atoms with Crippen LogP contribution in [-0.2, 0) is 0 Å². The molecule has 0 aliphatic carbocycles. The quantitative estimate of drug-likeness (QED) is 0.760. The Morgan fingerprint density at radius 3 is 2.28 bits per heavy atom. The molecule has 98 valence electrons. The number of rotatable bonds is 3. The summed E-state index contributed by atoms with van der Waals surface area (Å²) in [7, 11) is 0. The highest BCUT2D eigenvalue weighted by molar-refractivity contribution is 5.97. The Hall–Kier alpha value is -1.15. The van der Waals surface area contributed by atoms with Gasteiger partial charge in [-0.05, 0) is 33.6 Å². The number of hydrogen-bond acceptors (Lipinski definition) is 2. The molecule has 1 aromatic rings. The molecule has 0 spiro atoms. The summed E-state index contributed by atoms with van der Waals surface area (Å²) in [5.74, 6) is 0.246. The summed E-state index contributed by atoms with van der Waals surface area (Å²) in [6, 6.07) is 8.96. The third-order valence-corrected chi connectivity index (χ3v) is 4.08. The smallest absolute Gasteiger partial charge is 0.176 e. The van der Waals surface area contributed by atoms with E-state index in [2.05, 4.69) is 18.7 Å². The first kappa shape index (κ1) is 13.3. The third kappa shape index (κ3) is 2.99. The number of piperidine rings is 1. The van der Waals surface area contributed by atoms with Crippen LogP contribution in [0, 0.1) is 6.92 Å². The minimum Gasteiger partial charge on any atom is -0.293 e. The molecule has 2 atom stereocenters. The molecule has 1 fully saturated rings. The maximum atomic E-state index is 12.3. The number of aryl methyl sites for hydroxylation is 1. The molecule has 1 heterocycles. The van der Waals surface area contributed by atoms with E-state index >= 15 is 0 Å². The zero-order valence-electron chi connectivity index (χ0n) is 11.6. The van der Waals surface area contributed by atoms with Crippen molar-refractivity contribution in [3.63, 3.8) is 0 Å². The standard InChI is InChI=1S/C16H23NO/c1-12-7-9-15(10-8-12)16(18)11-17-13(2)5-4-6-14(17)3/h7-10,13-14H,4-6,11H2,1-3H3/t13-,14+. The molecule has 2 rings (SSSR count). The van der Waals surface area contributed by atoms with E-state index in [4.69, 9.17) is 0 Å². The van der Waals surface area contributed by atoms with E-state index in [0.29, 0.717) is 18.6 Å². The van der Waals surface area contributed by atoms with Crippen molar-refractivity contribution in [1.29, 1.82) is 0 Å². The van der Waals surface area contributed by atoms with Crippen LogP contribution in [0.25, 0.3) is 0 Å². The predicted octanol–water partition coefficient (Wildman–Crippen LogP) is 3.44. The van der Waals surface area contributed by atoms with Gasteiger partial charge in [-0.15, -0.1) is 0 Å². The number of benzene rings is 1. The van der Waals surface area contributed by atoms with Gasteiger partial charge in [0, 0.05) is 17.6 Å². The summed E-state index contributed by atoms with van der Waals surface area (Å²) in [5, 5.41) is 0. The lowest BCUT2D eigenvalue weighted by Crippen LogP contribution is -2.46. The Labute approximate surface area is 110 Å². The predicted molar refractivity (Wildman–Crippen MR) is 75.0 cm³/mol. The zero-order valence-corrected chi connectivity index (χ0v) is 11.6. The SMILES string of the molecule is Cc1ccc(C(=O)CN2[C@H](C)CCC[C@@H]2C)cc1. The third-order valence-electron chi connectivity index (χ3n) is 4.08. The maximum absolute atomic E-state index is 12.3. The van der Waals surface area contributed by atoms with Crippen molar-refractivity contribution < 1.29 is 4.79 Å². The van der Waals surface area contributed by atoms with Gasteiger partial charge >= 0.3 is 0 Å². The molecule has 1 saturated heterocycles. The second-order valence-corrected chi connectivity index (χ2v) is 5.59. The number of hydrogen-bond donors (Lipinski definition) is 0. The zero-order chi connectivity index (χ0) is 13.1.